The molecule has 1 N–H and O–H groups in total. The average Bonchev–Trinajstić information content (AvgIpc) is 3.00. The van der Waals surface area contributed by atoms with Gasteiger partial charge < -0.3 is 15.0 Å². The second-order valence-corrected chi connectivity index (χ2v) is 6.48. The fourth-order valence-electron chi connectivity index (χ4n) is 2.61. The summed E-state index contributed by atoms with van der Waals surface area (Å²) in [4.78, 5) is 14.5. The summed E-state index contributed by atoms with van der Waals surface area (Å²) in [5, 5.41) is 16.3. The van der Waals surface area contributed by atoms with E-state index in [2.05, 4.69) is 30.3 Å². The number of aromatic nitrogens is 2. The van der Waals surface area contributed by atoms with E-state index in [0.717, 1.165) is 5.56 Å². The van der Waals surface area contributed by atoms with Crippen LogP contribution >= 0.6 is 0 Å². The molecule has 0 saturated heterocycles. The molecular formula is C19H25N5O2. The fourth-order valence-corrected chi connectivity index (χ4v) is 2.61. The second-order valence-electron chi connectivity index (χ2n) is 6.48. The Bertz CT molecular complexity index is 791. The summed E-state index contributed by atoms with van der Waals surface area (Å²) in [5.41, 5.74) is 1.93. The predicted octanol–water partition coefficient (Wildman–Crippen LogP) is 3.38. The fraction of sp³-hybridized carbons (Fsp3) is 0.421. The maximum atomic E-state index is 12.7. The highest BCUT2D eigenvalue weighted by atomic mass is 16.5. The number of benzene rings is 1. The normalized spacial score (nSPS) is 10.5. The van der Waals surface area contributed by atoms with Crippen molar-refractivity contribution < 1.29 is 9.53 Å². The van der Waals surface area contributed by atoms with Crippen LogP contribution in [0.3, 0.4) is 0 Å². The van der Waals surface area contributed by atoms with E-state index in [-0.39, 0.29) is 6.03 Å². The summed E-state index contributed by atoms with van der Waals surface area (Å²) in [7, 11) is 1.85. The van der Waals surface area contributed by atoms with Crippen molar-refractivity contribution in [3.05, 3.63) is 41.7 Å². The highest BCUT2D eigenvalue weighted by Crippen LogP contribution is 2.22. The predicted molar refractivity (Wildman–Crippen MR) is 99.8 cm³/mol. The van der Waals surface area contributed by atoms with Crippen molar-refractivity contribution in [1.82, 2.24) is 14.7 Å². The van der Waals surface area contributed by atoms with Crippen LogP contribution in [0, 0.1) is 17.2 Å². The summed E-state index contributed by atoms with van der Waals surface area (Å²) >= 11 is 0. The van der Waals surface area contributed by atoms with Gasteiger partial charge in [0.05, 0.1) is 24.9 Å². The first-order valence-corrected chi connectivity index (χ1v) is 8.63. The molecule has 2 aromatic rings. The molecule has 0 aliphatic carbocycles. The Morgan fingerprint density at radius 1 is 1.46 bits per heavy atom. The van der Waals surface area contributed by atoms with E-state index in [1.165, 1.54) is 0 Å². The molecule has 7 heteroatoms. The SMILES string of the molecule is CCOc1ccc(NC(=O)N(Cc2cnn(C)c2)CC(C)C)cc1C#N. The highest BCUT2D eigenvalue weighted by molar-refractivity contribution is 5.89. The van der Waals surface area contributed by atoms with Crippen molar-refractivity contribution in [2.75, 3.05) is 18.5 Å². The number of nitriles is 1. The molecule has 138 valence electrons. The molecule has 0 unspecified atom stereocenters. The van der Waals surface area contributed by atoms with E-state index in [1.54, 1.807) is 34.0 Å². The van der Waals surface area contributed by atoms with E-state index >= 15 is 0 Å². The lowest BCUT2D eigenvalue weighted by Crippen LogP contribution is -2.37. The molecule has 0 radical (unpaired) electrons. The van der Waals surface area contributed by atoms with Gasteiger partial charge >= 0.3 is 6.03 Å². The molecule has 0 atom stereocenters. The molecule has 0 fully saturated rings. The molecule has 0 bridgehead atoms. The van der Waals surface area contributed by atoms with E-state index < -0.39 is 0 Å². The number of urea groups is 1. The summed E-state index contributed by atoms with van der Waals surface area (Å²) in [6.07, 6.45) is 3.65. The Labute approximate surface area is 154 Å². The highest BCUT2D eigenvalue weighted by Gasteiger charge is 2.17. The minimum Gasteiger partial charge on any atom is -0.492 e. The summed E-state index contributed by atoms with van der Waals surface area (Å²) in [6, 6.07) is 6.95. The number of hydrogen-bond acceptors (Lipinski definition) is 4. The number of aryl methyl sites for hydroxylation is 1. The zero-order valence-corrected chi connectivity index (χ0v) is 15.7. The third-order valence-electron chi connectivity index (χ3n) is 3.66. The summed E-state index contributed by atoms with van der Waals surface area (Å²) in [5.74, 6) is 0.842. The van der Waals surface area contributed by atoms with E-state index in [4.69, 9.17) is 4.74 Å². The van der Waals surface area contributed by atoms with Crippen LogP contribution in [0.25, 0.3) is 0 Å². The Morgan fingerprint density at radius 2 is 2.23 bits per heavy atom. The maximum Gasteiger partial charge on any atom is 0.322 e. The van der Waals surface area contributed by atoms with Crippen LogP contribution in [0.2, 0.25) is 0 Å². The first-order chi connectivity index (χ1) is 12.4. The minimum atomic E-state index is -0.212. The number of carbonyl (C=O) groups is 1. The lowest BCUT2D eigenvalue weighted by molar-refractivity contribution is 0.201. The second kappa shape index (κ2) is 8.90. The first kappa shape index (κ1) is 19.3. The summed E-state index contributed by atoms with van der Waals surface area (Å²) in [6.45, 7) is 7.55. The van der Waals surface area contributed by atoms with Gasteiger partial charge in [0, 0.05) is 31.0 Å². The molecular weight excluding hydrogens is 330 g/mol. The number of anilines is 1. The van der Waals surface area contributed by atoms with Crippen LogP contribution in [0.1, 0.15) is 31.9 Å². The molecule has 0 aliphatic rings. The number of carbonyl (C=O) groups excluding carboxylic acids is 1. The average molecular weight is 355 g/mol. The van der Waals surface area contributed by atoms with Gasteiger partial charge in [-0.3, -0.25) is 4.68 Å². The molecule has 26 heavy (non-hydrogen) atoms. The van der Waals surface area contributed by atoms with Gasteiger partial charge in [-0.25, -0.2) is 4.79 Å². The van der Waals surface area contributed by atoms with Crippen molar-refractivity contribution in [3.8, 4) is 11.8 Å². The first-order valence-electron chi connectivity index (χ1n) is 8.63. The summed E-state index contributed by atoms with van der Waals surface area (Å²) < 4.78 is 7.13. The standard InChI is InChI=1S/C19H25N5O2/c1-5-26-18-7-6-17(8-16(18)9-20)22-19(25)24(11-14(2)3)13-15-10-21-23(4)12-15/h6-8,10,12,14H,5,11,13H2,1-4H3,(H,22,25). The Hall–Kier alpha value is -3.01. The number of nitrogens with zero attached hydrogens (tertiary/aromatic N) is 4. The van der Waals surface area contributed by atoms with Gasteiger partial charge in [0.1, 0.15) is 11.8 Å². The molecule has 0 spiro atoms. The van der Waals surface area contributed by atoms with Crippen LogP contribution in [0.15, 0.2) is 30.6 Å². The quantitative estimate of drug-likeness (QED) is 0.825. The Kier molecular flexibility index (Phi) is 6.61. The Balaban J connectivity index is 2.14. The molecule has 1 aromatic carbocycles. The van der Waals surface area contributed by atoms with Crippen LogP contribution in [0.4, 0.5) is 10.5 Å². The minimum absolute atomic E-state index is 0.212. The van der Waals surface area contributed by atoms with Gasteiger partial charge in [0.25, 0.3) is 0 Å². The van der Waals surface area contributed by atoms with Gasteiger partial charge in [-0.05, 0) is 31.0 Å². The van der Waals surface area contributed by atoms with Crippen LogP contribution in [-0.2, 0) is 13.6 Å². The number of amides is 2. The lowest BCUT2D eigenvalue weighted by Gasteiger charge is -2.24. The molecule has 2 rings (SSSR count). The molecule has 7 nitrogen and oxygen atoms in total. The van der Waals surface area contributed by atoms with Crippen LogP contribution in [-0.4, -0.2) is 33.9 Å². The van der Waals surface area contributed by atoms with Gasteiger partial charge in [0.15, 0.2) is 0 Å². The molecule has 1 heterocycles. The number of ether oxygens (including phenoxy) is 1. The van der Waals surface area contributed by atoms with Crippen molar-refractivity contribution in [2.24, 2.45) is 13.0 Å². The number of nitrogens with one attached hydrogen (secondary N) is 1. The zero-order chi connectivity index (χ0) is 19.1. The largest absolute Gasteiger partial charge is 0.492 e. The zero-order valence-electron chi connectivity index (χ0n) is 15.7. The third kappa shape index (κ3) is 5.24. The molecule has 2 amide bonds. The number of hydrogen-bond donors (Lipinski definition) is 1. The van der Waals surface area contributed by atoms with E-state index in [0.29, 0.717) is 42.6 Å². The van der Waals surface area contributed by atoms with Crippen LogP contribution in [0.5, 0.6) is 5.75 Å². The lowest BCUT2D eigenvalue weighted by atomic mass is 10.2. The molecule has 0 aliphatic heterocycles. The number of rotatable bonds is 7. The van der Waals surface area contributed by atoms with E-state index in [9.17, 15) is 10.1 Å². The van der Waals surface area contributed by atoms with E-state index in [1.807, 2.05) is 20.2 Å². The van der Waals surface area contributed by atoms with Crippen molar-refractivity contribution in [3.63, 3.8) is 0 Å². The molecule has 1 aromatic heterocycles. The topological polar surface area (TPSA) is 83.2 Å². The van der Waals surface area contributed by atoms with Crippen molar-refractivity contribution >= 4 is 11.7 Å². The third-order valence-corrected chi connectivity index (χ3v) is 3.66. The molecule has 0 saturated carbocycles. The van der Waals surface area contributed by atoms with Crippen molar-refractivity contribution in [2.45, 2.75) is 27.3 Å². The Morgan fingerprint density at radius 3 is 2.81 bits per heavy atom. The van der Waals surface area contributed by atoms with Gasteiger partial charge in [0.2, 0.25) is 0 Å². The monoisotopic (exact) mass is 355 g/mol. The van der Waals surface area contributed by atoms with Gasteiger partial charge in [-0.2, -0.15) is 10.4 Å². The van der Waals surface area contributed by atoms with Crippen molar-refractivity contribution in [1.29, 1.82) is 5.26 Å². The smallest absolute Gasteiger partial charge is 0.322 e. The van der Waals surface area contributed by atoms with Gasteiger partial charge in [-0.15, -0.1) is 0 Å². The maximum absolute atomic E-state index is 12.7. The van der Waals surface area contributed by atoms with Gasteiger partial charge in [-0.1, -0.05) is 13.8 Å². The van der Waals surface area contributed by atoms with Crippen LogP contribution < -0.4 is 10.1 Å².